The molecule has 108 valence electrons. The van der Waals surface area contributed by atoms with Gasteiger partial charge in [0, 0.05) is 10.9 Å². The molecule has 0 fully saturated rings. The van der Waals surface area contributed by atoms with Gasteiger partial charge in [-0.15, -0.1) is 0 Å². The first-order valence-electron chi connectivity index (χ1n) is 6.58. The van der Waals surface area contributed by atoms with Crippen LogP contribution in [0.25, 0.3) is 10.9 Å². The molecule has 0 bridgehead atoms. The van der Waals surface area contributed by atoms with E-state index in [-0.39, 0.29) is 6.61 Å². The summed E-state index contributed by atoms with van der Waals surface area (Å²) in [6.07, 6.45) is 1.66. The van der Waals surface area contributed by atoms with Crippen molar-refractivity contribution >= 4 is 28.5 Å². The fourth-order valence-corrected chi connectivity index (χ4v) is 2.20. The number of aromatic amines is 1. The molecule has 22 heavy (non-hydrogen) atoms. The first-order chi connectivity index (χ1) is 10.8. The summed E-state index contributed by atoms with van der Waals surface area (Å²) in [5.41, 5.74) is 1.80. The van der Waals surface area contributed by atoms with Crippen LogP contribution in [0.4, 0.5) is 0 Å². The Morgan fingerprint density at radius 2 is 2.09 bits per heavy atom. The van der Waals surface area contributed by atoms with Crippen LogP contribution < -0.4 is 0 Å². The lowest BCUT2D eigenvalue weighted by molar-refractivity contribution is 0.0558. The molecule has 0 atom stereocenters. The van der Waals surface area contributed by atoms with Crippen molar-refractivity contribution in [1.29, 1.82) is 0 Å². The van der Waals surface area contributed by atoms with Crippen molar-refractivity contribution in [2.45, 2.75) is 0 Å². The first-order valence-corrected chi connectivity index (χ1v) is 6.96. The van der Waals surface area contributed by atoms with Gasteiger partial charge < -0.3 is 4.74 Å². The largest absolute Gasteiger partial charge is 0.449 e. The summed E-state index contributed by atoms with van der Waals surface area (Å²) in [6.45, 7) is -0.00538. The Kier molecular flexibility index (Phi) is 4.08. The van der Waals surface area contributed by atoms with Crippen molar-refractivity contribution < 1.29 is 9.53 Å². The zero-order chi connectivity index (χ0) is 15.4. The second kappa shape index (κ2) is 6.33. The van der Waals surface area contributed by atoms with Gasteiger partial charge in [0.1, 0.15) is 0 Å². The van der Waals surface area contributed by atoms with Crippen LogP contribution in [0.3, 0.4) is 0 Å². The molecule has 1 aromatic heterocycles. The van der Waals surface area contributed by atoms with E-state index in [0.29, 0.717) is 21.7 Å². The molecule has 5 heteroatoms. The molecule has 0 saturated heterocycles. The third-order valence-electron chi connectivity index (χ3n) is 3.07. The van der Waals surface area contributed by atoms with Gasteiger partial charge in [0.05, 0.1) is 22.3 Å². The lowest BCUT2D eigenvalue weighted by Crippen LogP contribution is -2.06. The number of benzene rings is 2. The Bertz CT molecular complexity index is 890. The number of hydrogen-bond acceptors (Lipinski definition) is 3. The van der Waals surface area contributed by atoms with Gasteiger partial charge in [-0.1, -0.05) is 47.7 Å². The maximum Gasteiger partial charge on any atom is 0.341 e. The highest BCUT2D eigenvalue weighted by Crippen LogP contribution is 2.16. The van der Waals surface area contributed by atoms with Crippen LogP contribution in [0.15, 0.2) is 48.7 Å². The highest BCUT2D eigenvalue weighted by Gasteiger charge is 2.11. The molecular formula is C17H11ClN2O2. The Hall–Kier alpha value is -2.77. The molecule has 3 aromatic rings. The van der Waals surface area contributed by atoms with E-state index in [0.717, 1.165) is 5.39 Å². The fourth-order valence-electron chi connectivity index (χ4n) is 2.01. The molecule has 0 aliphatic carbocycles. The highest BCUT2D eigenvalue weighted by atomic mass is 35.5. The van der Waals surface area contributed by atoms with Crippen LogP contribution in [-0.4, -0.2) is 22.8 Å². The molecule has 0 radical (unpaired) electrons. The van der Waals surface area contributed by atoms with Crippen molar-refractivity contribution in [3.8, 4) is 11.8 Å². The Labute approximate surface area is 132 Å². The summed E-state index contributed by atoms with van der Waals surface area (Å²) >= 11 is 5.99. The number of hydrogen-bond donors (Lipinski definition) is 1. The standard InChI is InChI=1S/C17H11ClN2O2/c18-15-9-2-1-5-12(15)7-4-10-22-17(21)14-8-3-6-13-11-19-20-16(13)14/h1-3,5-6,8-9,11H,10H2,(H,19,20). The zero-order valence-corrected chi connectivity index (χ0v) is 12.2. The number of nitrogens with one attached hydrogen (secondary N) is 1. The van der Waals surface area contributed by atoms with E-state index in [2.05, 4.69) is 22.0 Å². The van der Waals surface area contributed by atoms with E-state index in [4.69, 9.17) is 16.3 Å². The highest BCUT2D eigenvalue weighted by molar-refractivity contribution is 6.31. The van der Waals surface area contributed by atoms with Gasteiger partial charge in [-0.25, -0.2) is 4.79 Å². The predicted octanol–water partition coefficient (Wildman–Crippen LogP) is 3.42. The Morgan fingerprint density at radius 1 is 1.23 bits per heavy atom. The Balaban J connectivity index is 1.69. The molecular weight excluding hydrogens is 300 g/mol. The van der Waals surface area contributed by atoms with Gasteiger partial charge in [-0.05, 0) is 18.2 Å². The van der Waals surface area contributed by atoms with E-state index < -0.39 is 5.97 Å². The maximum atomic E-state index is 12.1. The van der Waals surface area contributed by atoms with Crippen LogP contribution >= 0.6 is 11.6 Å². The number of rotatable bonds is 2. The van der Waals surface area contributed by atoms with E-state index in [1.807, 2.05) is 24.3 Å². The molecule has 0 spiro atoms. The normalized spacial score (nSPS) is 10.0. The fraction of sp³-hybridized carbons (Fsp3) is 0.0588. The first kappa shape index (κ1) is 14.2. The summed E-state index contributed by atoms with van der Waals surface area (Å²) in [7, 11) is 0. The molecule has 4 nitrogen and oxygen atoms in total. The molecule has 0 unspecified atom stereocenters. The van der Waals surface area contributed by atoms with Crippen LogP contribution in [-0.2, 0) is 4.74 Å². The van der Waals surface area contributed by atoms with Crippen LogP contribution in [0, 0.1) is 11.8 Å². The minimum Gasteiger partial charge on any atom is -0.449 e. The van der Waals surface area contributed by atoms with Gasteiger partial charge >= 0.3 is 5.97 Å². The van der Waals surface area contributed by atoms with Gasteiger partial charge in [0.2, 0.25) is 0 Å². The lowest BCUT2D eigenvalue weighted by Gasteiger charge is -2.01. The van der Waals surface area contributed by atoms with Crippen LogP contribution in [0.5, 0.6) is 0 Å². The molecule has 1 N–H and O–H groups in total. The second-order valence-corrected chi connectivity index (χ2v) is 4.90. The quantitative estimate of drug-likeness (QED) is 0.583. The summed E-state index contributed by atoms with van der Waals surface area (Å²) in [5.74, 6) is 5.21. The summed E-state index contributed by atoms with van der Waals surface area (Å²) < 4.78 is 5.16. The lowest BCUT2D eigenvalue weighted by atomic mass is 10.1. The summed E-state index contributed by atoms with van der Waals surface area (Å²) in [5, 5.41) is 8.13. The molecule has 2 aromatic carbocycles. The van der Waals surface area contributed by atoms with E-state index in [9.17, 15) is 4.79 Å². The maximum absolute atomic E-state index is 12.1. The number of H-pyrrole nitrogens is 1. The van der Waals surface area contributed by atoms with Crippen molar-refractivity contribution in [3.05, 3.63) is 64.8 Å². The number of para-hydroxylation sites is 1. The zero-order valence-electron chi connectivity index (χ0n) is 11.5. The van der Waals surface area contributed by atoms with Gasteiger partial charge in [-0.2, -0.15) is 5.10 Å². The SMILES string of the molecule is O=C(OCC#Cc1ccccc1Cl)c1cccc2cn[nH]c12. The van der Waals surface area contributed by atoms with Gasteiger partial charge in [0.25, 0.3) is 0 Å². The Morgan fingerprint density at radius 3 is 2.95 bits per heavy atom. The number of esters is 1. The van der Waals surface area contributed by atoms with Crippen molar-refractivity contribution in [2.75, 3.05) is 6.61 Å². The van der Waals surface area contributed by atoms with E-state index in [1.165, 1.54) is 0 Å². The summed E-state index contributed by atoms with van der Waals surface area (Å²) in [4.78, 5) is 12.1. The van der Waals surface area contributed by atoms with E-state index in [1.54, 1.807) is 24.4 Å². The van der Waals surface area contributed by atoms with Crippen LogP contribution in [0.1, 0.15) is 15.9 Å². The minimum absolute atomic E-state index is 0.00538. The van der Waals surface area contributed by atoms with Gasteiger partial charge in [0.15, 0.2) is 6.61 Å². The molecule has 0 amide bonds. The second-order valence-electron chi connectivity index (χ2n) is 4.50. The molecule has 1 heterocycles. The number of halogens is 1. The average Bonchev–Trinajstić information content (AvgIpc) is 3.01. The number of carbonyl (C=O) groups is 1. The predicted molar refractivity (Wildman–Crippen MR) is 84.7 cm³/mol. The number of ether oxygens (including phenoxy) is 1. The molecule has 0 aliphatic heterocycles. The van der Waals surface area contributed by atoms with Gasteiger partial charge in [-0.3, -0.25) is 5.10 Å². The van der Waals surface area contributed by atoms with Crippen molar-refractivity contribution in [1.82, 2.24) is 10.2 Å². The molecule has 3 rings (SSSR count). The van der Waals surface area contributed by atoms with Crippen LogP contribution in [0.2, 0.25) is 5.02 Å². The minimum atomic E-state index is -0.441. The molecule has 0 aliphatic rings. The average molecular weight is 311 g/mol. The topological polar surface area (TPSA) is 55.0 Å². The third-order valence-corrected chi connectivity index (χ3v) is 3.40. The number of aromatic nitrogens is 2. The van der Waals surface area contributed by atoms with Crippen molar-refractivity contribution in [3.63, 3.8) is 0 Å². The number of carbonyl (C=O) groups excluding carboxylic acids is 1. The third kappa shape index (κ3) is 2.95. The molecule has 0 saturated carbocycles. The van der Waals surface area contributed by atoms with E-state index >= 15 is 0 Å². The number of fused-ring (bicyclic) bond motifs is 1. The summed E-state index contributed by atoms with van der Waals surface area (Å²) in [6, 6.07) is 12.6. The van der Waals surface area contributed by atoms with Crippen molar-refractivity contribution in [2.24, 2.45) is 0 Å². The smallest absolute Gasteiger partial charge is 0.341 e. The monoisotopic (exact) mass is 310 g/mol. The number of nitrogens with zero attached hydrogens (tertiary/aromatic N) is 1.